The van der Waals surface area contributed by atoms with Gasteiger partial charge in [0.2, 0.25) is 0 Å². The van der Waals surface area contributed by atoms with Crippen LogP contribution in [0.25, 0.3) is 0 Å². The molecule has 1 rings (SSSR count). The second-order valence-corrected chi connectivity index (χ2v) is 3.67. The molecule has 0 aromatic heterocycles. The van der Waals surface area contributed by atoms with Crippen LogP contribution < -0.4 is 0 Å². The maximum absolute atomic E-state index is 12.6. The number of rotatable bonds is 1. The van der Waals surface area contributed by atoms with Gasteiger partial charge in [-0.25, -0.2) is 4.39 Å². The standard InChI is InChI=1S/C7H12FI/c8-7-3-1-2-6(4-7)5-9/h6-7H,1-5H2/t6?,7-/m1/s1. The molecule has 1 aliphatic carbocycles. The molecule has 0 bridgehead atoms. The summed E-state index contributed by atoms with van der Waals surface area (Å²) in [4.78, 5) is 0. The largest absolute Gasteiger partial charge is 0.247 e. The van der Waals surface area contributed by atoms with Gasteiger partial charge >= 0.3 is 0 Å². The van der Waals surface area contributed by atoms with Crippen molar-refractivity contribution in [2.75, 3.05) is 4.43 Å². The zero-order chi connectivity index (χ0) is 6.69. The SMILES string of the molecule is F[C@@H]1CCCC(CI)C1. The normalized spacial score (nSPS) is 36.7. The second-order valence-electron chi connectivity index (χ2n) is 2.78. The molecule has 0 heterocycles. The van der Waals surface area contributed by atoms with E-state index in [1.807, 2.05) is 0 Å². The Morgan fingerprint density at radius 3 is 2.67 bits per heavy atom. The zero-order valence-electron chi connectivity index (χ0n) is 5.45. The summed E-state index contributed by atoms with van der Waals surface area (Å²) in [6.45, 7) is 0. The first-order valence-electron chi connectivity index (χ1n) is 3.53. The van der Waals surface area contributed by atoms with Crippen LogP contribution in [0.15, 0.2) is 0 Å². The molecule has 1 fully saturated rings. The van der Waals surface area contributed by atoms with E-state index in [0.717, 1.165) is 23.7 Å². The summed E-state index contributed by atoms with van der Waals surface area (Å²) in [6.07, 6.45) is 3.51. The summed E-state index contributed by atoms with van der Waals surface area (Å²) in [7, 11) is 0. The molecule has 2 heteroatoms. The van der Waals surface area contributed by atoms with Crippen molar-refractivity contribution in [2.24, 2.45) is 5.92 Å². The summed E-state index contributed by atoms with van der Waals surface area (Å²) in [6, 6.07) is 0. The molecule has 0 saturated heterocycles. The fourth-order valence-electron chi connectivity index (χ4n) is 1.37. The van der Waals surface area contributed by atoms with Crippen molar-refractivity contribution in [3.05, 3.63) is 0 Å². The van der Waals surface area contributed by atoms with Crippen LogP contribution >= 0.6 is 22.6 Å². The van der Waals surface area contributed by atoms with E-state index in [-0.39, 0.29) is 0 Å². The highest BCUT2D eigenvalue weighted by Crippen LogP contribution is 2.27. The molecule has 9 heavy (non-hydrogen) atoms. The van der Waals surface area contributed by atoms with E-state index in [1.54, 1.807) is 0 Å². The van der Waals surface area contributed by atoms with E-state index in [4.69, 9.17) is 0 Å². The van der Waals surface area contributed by atoms with Crippen molar-refractivity contribution in [1.82, 2.24) is 0 Å². The van der Waals surface area contributed by atoms with Crippen LogP contribution in [0.2, 0.25) is 0 Å². The topological polar surface area (TPSA) is 0 Å². The van der Waals surface area contributed by atoms with E-state index in [2.05, 4.69) is 22.6 Å². The van der Waals surface area contributed by atoms with Crippen LogP contribution in [0.1, 0.15) is 25.7 Å². The number of halogens is 2. The van der Waals surface area contributed by atoms with Crippen molar-refractivity contribution in [2.45, 2.75) is 31.9 Å². The third-order valence-electron chi connectivity index (χ3n) is 1.94. The first-order valence-corrected chi connectivity index (χ1v) is 5.05. The molecule has 1 unspecified atom stereocenters. The maximum atomic E-state index is 12.6. The van der Waals surface area contributed by atoms with Gasteiger partial charge in [-0.1, -0.05) is 29.0 Å². The van der Waals surface area contributed by atoms with Crippen LogP contribution in [-0.4, -0.2) is 10.6 Å². The summed E-state index contributed by atoms with van der Waals surface area (Å²) in [5.74, 6) is 0.675. The van der Waals surface area contributed by atoms with Gasteiger partial charge in [-0.05, 0) is 25.2 Å². The lowest BCUT2D eigenvalue weighted by molar-refractivity contribution is 0.212. The molecule has 0 nitrogen and oxygen atoms in total. The van der Waals surface area contributed by atoms with Crippen LogP contribution in [0.3, 0.4) is 0 Å². The minimum Gasteiger partial charge on any atom is -0.247 e. The summed E-state index contributed by atoms with van der Waals surface area (Å²) in [5, 5.41) is 0. The Labute approximate surface area is 69.4 Å². The quantitative estimate of drug-likeness (QED) is 0.489. The van der Waals surface area contributed by atoms with Crippen molar-refractivity contribution in [3.8, 4) is 0 Å². The first-order chi connectivity index (χ1) is 4.33. The summed E-state index contributed by atoms with van der Waals surface area (Å²) >= 11 is 2.35. The molecule has 0 aromatic carbocycles. The predicted molar refractivity (Wildman–Crippen MR) is 45.7 cm³/mol. The second kappa shape index (κ2) is 3.74. The van der Waals surface area contributed by atoms with Gasteiger partial charge in [-0.2, -0.15) is 0 Å². The Hall–Kier alpha value is 0.660. The molecular weight excluding hydrogens is 230 g/mol. The van der Waals surface area contributed by atoms with Gasteiger partial charge in [0.05, 0.1) is 0 Å². The fourth-order valence-corrected chi connectivity index (χ4v) is 2.17. The molecular formula is C7H12FI. The Kier molecular flexibility index (Phi) is 3.22. The van der Waals surface area contributed by atoms with E-state index in [1.165, 1.54) is 6.42 Å². The Balaban J connectivity index is 2.23. The van der Waals surface area contributed by atoms with Crippen molar-refractivity contribution in [3.63, 3.8) is 0 Å². The first kappa shape index (κ1) is 7.76. The number of hydrogen-bond acceptors (Lipinski definition) is 0. The highest BCUT2D eigenvalue weighted by Gasteiger charge is 2.19. The third kappa shape index (κ3) is 2.40. The van der Waals surface area contributed by atoms with Crippen molar-refractivity contribution in [1.29, 1.82) is 0 Å². The molecule has 1 aliphatic rings. The van der Waals surface area contributed by atoms with E-state index < -0.39 is 6.17 Å². The van der Waals surface area contributed by atoms with Crippen molar-refractivity contribution < 1.29 is 4.39 Å². The van der Waals surface area contributed by atoms with Gasteiger partial charge in [0.15, 0.2) is 0 Å². The monoisotopic (exact) mass is 242 g/mol. The van der Waals surface area contributed by atoms with Gasteiger partial charge in [-0.15, -0.1) is 0 Å². The summed E-state index contributed by atoms with van der Waals surface area (Å²) in [5.41, 5.74) is 0. The Morgan fingerprint density at radius 1 is 1.44 bits per heavy atom. The van der Waals surface area contributed by atoms with Gasteiger partial charge in [0.1, 0.15) is 6.17 Å². The number of alkyl halides is 2. The van der Waals surface area contributed by atoms with Crippen LogP contribution in [-0.2, 0) is 0 Å². The minimum atomic E-state index is -0.487. The Morgan fingerprint density at radius 2 is 2.22 bits per heavy atom. The molecule has 0 aromatic rings. The van der Waals surface area contributed by atoms with Crippen LogP contribution in [0.5, 0.6) is 0 Å². The Bertz CT molecular complexity index is 85.0. The zero-order valence-corrected chi connectivity index (χ0v) is 7.60. The molecule has 1 saturated carbocycles. The lowest BCUT2D eigenvalue weighted by atomic mass is 9.90. The van der Waals surface area contributed by atoms with Crippen molar-refractivity contribution >= 4 is 22.6 Å². The van der Waals surface area contributed by atoms with E-state index >= 15 is 0 Å². The van der Waals surface area contributed by atoms with E-state index in [9.17, 15) is 4.39 Å². The van der Waals surface area contributed by atoms with Gasteiger partial charge in [0.25, 0.3) is 0 Å². The molecule has 54 valence electrons. The maximum Gasteiger partial charge on any atom is 0.100 e. The third-order valence-corrected chi connectivity index (χ3v) is 3.18. The average Bonchev–Trinajstić information content (AvgIpc) is 1.88. The molecule has 0 aliphatic heterocycles. The lowest BCUT2D eigenvalue weighted by Gasteiger charge is -2.22. The average molecular weight is 242 g/mol. The van der Waals surface area contributed by atoms with Crippen LogP contribution in [0, 0.1) is 5.92 Å². The van der Waals surface area contributed by atoms with E-state index in [0.29, 0.717) is 5.92 Å². The smallest absolute Gasteiger partial charge is 0.100 e. The highest BCUT2D eigenvalue weighted by molar-refractivity contribution is 14.1. The van der Waals surface area contributed by atoms with Gasteiger partial charge in [0, 0.05) is 4.43 Å². The molecule has 0 N–H and O–H groups in total. The molecule has 2 atom stereocenters. The minimum absolute atomic E-state index is 0.487. The molecule has 0 radical (unpaired) electrons. The fraction of sp³-hybridized carbons (Fsp3) is 1.00. The predicted octanol–water partition coefficient (Wildman–Crippen LogP) is 2.95. The molecule has 0 amide bonds. The lowest BCUT2D eigenvalue weighted by Crippen LogP contribution is -2.16. The van der Waals surface area contributed by atoms with Gasteiger partial charge in [-0.3, -0.25) is 0 Å². The van der Waals surface area contributed by atoms with Gasteiger partial charge < -0.3 is 0 Å². The van der Waals surface area contributed by atoms with Crippen LogP contribution in [0.4, 0.5) is 4.39 Å². The highest BCUT2D eigenvalue weighted by atomic mass is 127. The summed E-state index contributed by atoms with van der Waals surface area (Å²) < 4.78 is 13.8. The molecule has 0 spiro atoms. The number of hydrogen-bond donors (Lipinski definition) is 0.